The Morgan fingerprint density at radius 1 is 1.16 bits per heavy atom. The van der Waals surface area contributed by atoms with E-state index in [1.165, 1.54) is 0 Å². The number of nitrogens with one attached hydrogen (secondary N) is 1. The van der Waals surface area contributed by atoms with Gasteiger partial charge in [0.1, 0.15) is 12.3 Å². The van der Waals surface area contributed by atoms with Crippen molar-refractivity contribution in [3.8, 4) is 5.88 Å². The minimum absolute atomic E-state index is 0.0422. The summed E-state index contributed by atoms with van der Waals surface area (Å²) < 4.78 is 5.20. The fourth-order valence-corrected chi connectivity index (χ4v) is 1.47. The summed E-state index contributed by atoms with van der Waals surface area (Å²) in [6.07, 6.45) is 0. The summed E-state index contributed by atoms with van der Waals surface area (Å²) in [7, 11) is 0. The first-order valence-corrected chi connectivity index (χ1v) is 5.69. The first-order valence-electron chi connectivity index (χ1n) is 5.69. The lowest BCUT2D eigenvalue weighted by Gasteiger charge is -2.12. The van der Waals surface area contributed by atoms with Crippen molar-refractivity contribution < 1.29 is 9.84 Å². The molecule has 1 aromatic heterocycles. The molecule has 0 saturated heterocycles. The van der Waals surface area contributed by atoms with Gasteiger partial charge in [0.05, 0.1) is 6.61 Å². The predicted octanol–water partition coefficient (Wildman–Crippen LogP) is 0.756. The molecule has 0 radical (unpaired) electrons. The minimum Gasteiger partial charge on any atom is -0.474 e. The Morgan fingerprint density at radius 2 is 1.89 bits per heavy atom. The number of benzene rings is 1. The normalized spacial score (nSPS) is 10.2. The van der Waals surface area contributed by atoms with Crippen molar-refractivity contribution in [2.75, 3.05) is 30.0 Å². The number of aliphatic hydroxyl groups excluding tert-OH is 1. The Hall–Kier alpha value is -2.54. The van der Waals surface area contributed by atoms with Crippen LogP contribution in [0.5, 0.6) is 5.88 Å². The van der Waals surface area contributed by atoms with Crippen LogP contribution in [0.15, 0.2) is 30.3 Å². The number of hydrogen-bond donors (Lipinski definition) is 4. The van der Waals surface area contributed by atoms with Crippen LogP contribution < -0.4 is 21.5 Å². The number of hydrogen-bond acceptors (Lipinski definition) is 7. The van der Waals surface area contributed by atoms with Crippen molar-refractivity contribution in [2.24, 2.45) is 0 Å². The highest BCUT2D eigenvalue weighted by Gasteiger charge is 2.12. The molecular formula is C12H15N5O2. The summed E-state index contributed by atoms with van der Waals surface area (Å²) in [5.41, 5.74) is 12.5. The topological polar surface area (TPSA) is 119 Å². The van der Waals surface area contributed by atoms with Crippen LogP contribution in [0.4, 0.5) is 23.1 Å². The van der Waals surface area contributed by atoms with Crippen LogP contribution in [-0.4, -0.2) is 28.3 Å². The second-order valence-electron chi connectivity index (χ2n) is 3.71. The summed E-state index contributed by atoms with van der Waals surface area (Å²) in [5, 5.41) is 11.8. The van der Waals surface area contributed by atoms with E-state index in [1.807, 2.05) is 30.3 Å². The molecular weight excluding hydrogens is 246 g/mol. The van der Waals surface area contributed by atoms with E-state index in [-0.39, 0.29) is 30.7 Å². The monoisotopic (exact) mass is 261 g/mol. The van der Waals surface area contributed by atoms with Crippen molar-refractivity contribution in [3.63, 3.8) is 0 Å². The molecule has 0 amide bonds. The lowest BCUT2D eigenvalue weighted by molar-refractivity contribution is 0.197. The van der Waals surface area contributed by atoms with Gasteiger partial charge in [0, 0.05) is 5.69 Å². The van der Waals surface area contributed by atoms with Gasteiger partial charge >= 0.3 is 0 Å². The van der Waals surface area contributed by atoms with Crippen LogP contribution in [0.1, 0.15) is 0 Å². The van der Waals surface area contributed by atoms with Gasteiger partial charge in [-0.2, -0.15) is 9.97 Å². The molecule has 0 aliphatic carbocycles. The number of aliphatic hydroxyl groups is 1. The zero-order valence-electron chi connectivity index (χ0n) is 10.2. The molecule has 0 aliphatic heterocycles. The number of para-hydroxylation sites is 1. The van der Waals surface area contributed by atoms with E-state index >= 15 is 0 Å². The van der Waals surface area contributed by atoms with E-state index in [4.69, 9.17) is 21.3 Å². The third-order valence-corrected chi connectivity index (χ3v) is 2.29. The van der Waals surface area contributed by atoms with E-state index in [0.29, 0.717) is 5.82 Å². The summed E-state index contributed by atoms with van der Waals surface area (Å²) in [5.74, 6) is 0.562. The molecule has 0 atom stereocenters. The van der Waals surface area contributed by atoms with Crippen LogP contribution in [0.25, 0.3) is 0 Å². The third-order valence-electron chi connectivity index (χ3n) is 2.29. The Labute approximate surface area is 110 Å². The zero-order valence-corrected chi connectivity index (χ0v) is 10.2. The van der Waals surface area contributed by atoms with Gasteiger partial charge in [-0.05, 0) is 12.1 Å². The molecule has 1 aromatic carbocycles. The first-order chi connectivity index (χ1) is 9.20. The lowest BCUT2D eigenvalue weighted by Crippen LogP contribution is -2.10. The Kier molecular flexibility index (Phi) is 3.99. The average Bonchev–Trinajstić information content (AvgIpc) is 2.42. The van der Waals surface area contributed by atoms with Crippen molar-refractivity contribution in [2.45, 2.75) is 0 Å². The van der Waals surface area contributed by atoms with Crippen LogP contribution in [-0.2, 0) is 0 Å². The van der Waals surface area contributed by atoms with E-state index in [2.05, 4.69) is 15.3 Å². The Balaban J connectivity index is 2.27. The van der Waals surface area contributed by atoms with E-state index in [9.17, 15) is 0 Å². The first kappa shape index (κ1) is 12.9. The second-order valence-corrected chi connectivity index (χ2v) is 3.71. The number of aromatic nitrogens is 2. The SMILES string of the molecule is Nc1nc(Nc2ccccc2)c(N)c(OCCO)n1. The second kappa shape index (κ2) is 5.87. The average molecular weight is 261 g/mol. The highest BCUT2D eigenvalue weighted by Crippen LogP contribution is 2.29. The number of anilines is 4. The summed E-state index contributed by atoms with van der Waals surface area (Å²) in [6, 6.07) is 9.40. The fraction of sp³-hybridized carbons (Fsp3) is 0.167. The van der Waals surface area contributed by atoms with E-state index in [1.54, 1.807) is 0 Å². The van der Waals surface area contributed by atoms with Gasteiger partial charge in [0.25, 0.3) is 0 Å². The summed E-state index contributed by atoms with van der Waals surface area (Å²) in [4.78, 5) is 7.91. The number of ether oxygens (including phenoxy) is 1. The highest BCUT2D eigenvalue weighted by molar-refractivity contribution is 5.73. The van der Waals surface area contributed by atoms with Crippen LogP contribution in [0, 0.1) is 0 Å². The zero-order chi connectivity index (χ0) is 13.7. The number of nitrogen functional groups attached to an aromatic ring is 2. The van der Waals surface area contributed by atoms with Gasteiger partial charge in [-0.15, -0.1) is 0 Å². The molecule has 6 N–H and O–H groups in total. The maximum atomic E-state index is 8.74. The van der Waals surface area contributed by atoms with Crippen molar-refractivity contribution in [1.29, 1.82) is 0 Å². The molecule has 7 heteroatoms. The lowest BCUT2D eigenvalue weighted by atomic mass is 10.3. The van der Waals surface area contributed by atoms with Crippen molar-refractivity contribution in [1.82, 2.24) is 9.97 Å². The predicted molar refractivity (Wildman–Crippen MR) is 73.2 cm³/mol. The van der Waals surface area contributed by atoms with E-state index in [0.717, 1.165) is 5.69 Å². The minimum atomic E-state index is -0.134. The molecule has 2 rings (SSSR count). The maximum absolute atomic E-state index is 8.74. The van der Waals surface area contributed by atoms with Gasteiger partial charge in [-0.1, -0.05) is 18.2 Å². The van der Waals surface area contributed by atoms with Crippen molar-refractivity contribution >= 4 is 23.1 Å². The Bertz CT molecular complexity index is 547. The third kappa shape index (κ3) is 3.23. The van der Waals surface area contributed by atoms with Crippen LogP contribution in [0.2, 0.25) is 0 Å². The molecule has 1 heterocycles. The smallest absolute Gasteiger partial charge is 0.244 e. The molecule has 100 valence electrons. The standard InChI is InChI=1S/C12H15N5O2/c13-9-10(15-8-4-2-1-3-5-8)16-12(14)17-11(9)19-7-6-18/h1-5,18H,6-7,13H2,(H3,14,15,16,17). The van der Waals surface area contributed by atoms with Gasteiger partial charge in [-0.25, -0.2) is 0 Å². The maximum Gasteiger partial charge on any atom is 0.244 e. The van der Waals surface area contributed by atoms with Gasteiger partial charge in [0.15, 0.2) is 5.82 Å². The molecule has 0 spiro atoms. The molecule has 19 heavy (non-hydrogen) atoms. The van der Waals surface area contributed by atoms with E-state index < -0.39 is 0 Å². The number of nitrogens with zero attached hydrogens (tertiary/aromatic N) is 2. The van der Waals surface area contributed by atoms with Gasteiger partial charge in [-0.3, -0.25) is 0 Å². The summed E-state index contributed by atoms with van der Waals surface area (Å²) in [6.45, 7) is -0.0454. The fourth-order valence-electron chi connectivity index (χ4n) is 1.47. The molecule has 0 saturated carbocycles. The number of nitrogens with two attached hydrogens (primary N) is 2. The van der Waals surface area contributed by atoms with Gasteiger partial charge < -0.3 is 26.6 Å². The van der Waals surface area contributed by atoms with Crippen LogP contribution >= 0.6 is 0 Å². The largest absolute Gasteiger partial charge is 0.474 e. The number of rotatable bonds is 5. The Morgan fingerprint density at radius 3 is 2.58 bits per heavy atom. The molecule has 7 nitrogen and oxygen atoms in total. The van der Waals surface area contributed by atoms with Crippen molar-refractivity contribution in [3.05, 3.63) is 30.3 Å². The molecule has 0 aliphatic rings. The molecule has 0 fully saturated rings. The molecule has 2 aromatic rings. The summed E-state index contributed by atoms with van der Waals surface area (Å²) >= 11 is 0. The molecule has 0 bridgehead atoms. The molecule has 0 unspecified atom stereocenters. The quantitative estimate of drug-likeness (QED) is 0.627. The van der Waals surface area contributed by atoms with Crippen LogP contribution in [0.3, 0.4) is 0 Å². The van der Waals surface area contributed by atoms with Gasteiger partial charge in [0.2, 0.25) is 11.8 Å². The highest BCUT2D eigenvalue weighted by atomic mass is 16.5.